The summed E-state index contributed by atoms with van der Waals surface area (Å²) in [5, 5.41) is 10.9. The summed E-state index contributed by atoms with van der Waals surface area (Å²) in [4.78, 5) is 24.9. The minimum absolute atomic E-state index is 0.0749. The van der Waals surface area contributed by atoms with Gasteiger partial charge in [0.1, 0.15) is 10.8 Å². The minimum Gasteiger partial charge on any atom is -0.507 e. The van der Waals surface area contributed by atoms with Crippen LogP contribution >= 0.6 is 11.6 Å². The van der Waals surface area contributed by atoms with E-state index in [4.69, 9.17) is 11.6 Å². The fourth-order valence-corrected chi connectivity index (χ4v) is 3.85. The zero-order chi connectivity index (χ0) is 21.0. The van der Waals surface area contributed by atoms with Gasteiger partial charge >= 0.3 is 0 Å². The van der Waals surface area contributed by atoms with Crippen LogP contribution in [0.2, 0.25) is 0 Å². The number of rotatable bonds is 1. The van der Waals surface area contributed by atoms with Crippen molar-refractivity contribution in [2.45, 2.75) is 52.4 Å². The number of carbonyl (C=O) groups is 2. The van der Waals surface area contributed by atoms with Crippen molar-refractivity contribution in [2.24, 2.45) is 0 Å². The summed E-state index contributed by atoms with van der Waals surface area (Å²) in [6.07, 6.45) is 0. The van der Waals surface area contributed by atoms with Gasteiger partial charge in [0.15, 0.2) is 0 Å². The number of phenolic OH excluding ortho intramolecular Hbond substituents is 1. The SMILES string of the molecule is CC(C)(C)c1cc(C2=C(Cl)C(=O)C(=O)c3ccccc32)cc(C(C)(C)C)c1O. The smallest absolute Gasteiger partial charge is 0.245 e. The van der Waals surface area contributed by atoms with E-state index in [0.29, 0.717) is 16.7 Å². The van der Waals surface area contributed by atoms with Crippen LogP contribution in [0.3, 0.4) is 0 Å². The van der Waals surface area contributed by atoms with Crippen LogP contribution in [0.1, 0.15) is 74.2 Å². The summed E-state index contributed by atoms with van der Waals surface area (Å²) in [7, 11) is 0. The standard InChI is InChI=1S/C24H25ClO3/c1-23(2,3)16-11-13(12-17(21(16)27)24(4,5)6)18-14-9-7-8-10-15(14)20(26)22(28)19(18)25/h7-12,27H,1-6H3. The fraction of sp³-hybridized carbons (Fsp3) is 0.333. The molecule has 1 N–H and O–H groups in total. The van der Waals surface area contributed by atoms with Crippen molar-refractivity contribution in [1.29, 1.82) is 0 Å². The number of benzene rings is 2. The molecule has 2 aromatic carbocycles. The molecule has 0 amide bonds. The number of hydrogen-bond donors (Lipinski definition) is 1. The van der Waals surface area contributed by atoms with Gasteiger partial charge in [0, 0.05) is 22.3 Å². The predicted octanol–water partition coefficient (Wildman–Crippen LogP) is 5.75. The topological polar surface area (TPSA) is 54.4 Å². The maximum absolute atomic E-state index is 12.5. The first-order chi connectivity index (χ1) is 12.8. The third-order valence-corrected chi connectivity index (χ3v) is 5.44. The first-order valence-corrected chi connectivity index (χ1v) is 9.68. The van der Waals surface area contributed by atoms with Gasteiger partial charge in [-0.05, 0) is 34.1 Å². The van der Waals surface area contributed by atoms with E-state index in [1.54, 1.807) is 18.2 Å². The second-order valence-corrected chi connectivity index (χ2v) is 9.69. The van der Waals surface area contributed by atoms with Crippen molar-refractivity contribution in [2.75, 3.05) is 0 Å². The Bertz CT molecular complexity index is 996. The van der Waals surface area contributed by atoms with Gasteiger partial charge in [0.2, 0.25) is 11.6 Å². The molecule has 0 heterocycles. The Kier molecular flexibility index (Phi) is 4.79. The van der Waals surface area contributed by atoms with Gasteiger partial charge in [-0.15, -0.1) is 0 Å². The molecule has 4 heteroatoms. The highest BCUT2D eigenvalue weighted by molar-refractivity contribution is 6.64. The summed E-state index contributed by atoms with van der Waals surface area (Å²) in [5.41, 5.74) is 3.17. The van der Waals surface area contributed by atoms with E-state index in [-0.39, 0.29) is 21.6 Å². The summed E-state index contributed by atoms with van der Waals surface area (Å²) < 4.78 is 0. The number of carbonyl (C=O) groups excluding carboxylic acids is 2. The molecule has 0 fully saturated rings. The molecule has 2 aromatic rings. The fourth-order valence-electron chi connectivity index (χ4n) is 3.56. The van der Waals surface area contributed by atoms with Gasteiger partial charge in [-0.25, -0.2) is 0 Å². The molecule has 0 aromatic heterocycles. The zero-order valence-electron chi connectivity index (χ0n) is 17.1. The monoisotopic (exact) mass is 396 g/mol. The first kappa shape index (κ1) is 20.3. The van der Waals surface area contributed by atoms with E-state index < -0.39 is 11.6 Å². The Morgan fingerprint density at radius 2 is 1.25 bits per heavy atom. The number of halogens is 1. The number of allylic oxidation sites excluding steroid dienone is 1. The highest BCUT2D eigenvalue weighted by Crippen LogP contribution is 2.44. The van der Waals surface area contributed by atoms with Crippen LogP contribution < -0.4 is 0 Å². The van der Waals surface area contributed by atoms with Gasteiger partial charge in [0.05, 0.1) is 0 Å². The number of fused-ring (bicyclic) bond motifs is 1. The lowest BCUT2D eigenvalue weighted by atomic mass is 9.76. The Morgan fingerprint density at radius 3 is 1.71 bits per heavy atom. The molecule has 0 aliphatic heterocycles. The normalized spacial score (nSPS) is 15.1. The Hall–Kier alpha value is -2.39. The average Bonchev–Trinajstić information content (AvgIpc) is 2.59. The molecule has 0 saturated carbocycles. The number of aromatic hydroxyl groups is 1. The summed E-state index contributed by atoms with van der Waals surface area (Å²) in [5.74, 6) is -1.03. The van der Waals surface area contributed by atoms with Crippen molar-refractivity contribution in [1.82, 2.24) is 0 Å². The van der Waals surface area contributed by atoms with E-state index in [1.165, 1.54) is 0 Å². The van der Waals surface area contributed by atoms with Crippen LogP contribution in [-0.2, 0) is 15.6 Å². The molecule has 1 aliphatic rings. The Morgan fingerprint density at radius 1 is 0.786 bits per heavy atom. The molecule has 0 atom stereocenters. The number of Topliss-reactive ketones (excluding diaryl/α,β-unsaturated/α-hetero) is 2. The zero-order valence-corrected chi connectivity index (χ0v) is 17.9. The van der Waals surface area contributed by atoms with Crippen LogP contribution in [0.15, 0.2) is 41.4 Å². The predicted molar refractivity (Wildman–Crippen MR) is 113 cm³/mol. The van der Waals surface area contributed by atoms with E-state index in [2.05, 4.69) is 0 Å². The maximum atomic E-state index is 12.5. The molecule has 146 valence electrons. The highest BCUT2D eigenvalue weighted by Gasteiger charge is 2.34. The number of phenols is 1. The molecule has 3 nitrogen and oxygen atoms in total. The largest absolute Gasteiger partial charge is 0.507 e. The van der Waals surface area contributed by atoms with Crippen molar-refractivity contribution < 1.29 is 14.7 Å². The molecule has 0 bridgehead atoms. The molecule has 0 spiro atoms. The molecule has 1 aliphatic carbocycles. The molecule has 0 saturated heterocycles. The van der Waals surface area contributed by atoms with Crippen LogP contribution in [0.25, 0.3) is 5.57 Å². The van der Waals surface area contributed by atoms with Crippen LogP contribution in [-0.4, -0.2) is 16.7 Å². The second-order valence-electron chi connectivity index (χ2n) is 9.31. The van der Waals surface area contributed by atoms with Gasteiger partial charge < -0.3 is 5.11 Å². The van der Waals surface area contributed by atoms with Crippen molar-refractivity contribution in [3.63, 3.8) is 0 Å². The van der Waals surface area contributed by atoms with Crippen LogP contribution in [0.5, 0.6) is 5.75 Å². The third kappa shape index (κ3) is 3.29. The minimum atomic E-state index is -0.696. The molecule has 0 radical (unpaired) electrons. The van der Waals surface area contributed by atoms with Crippen LogP contribution in [0.4, 0.5) is 0 Å². The summed E-state index contributed by atoms with van der Waals surface area (Å²) in [6, 6.07) is 10.8. The lowest BCUT2D eigenvalue weighted by Crippen LogP contribution is -2.23. The van der Waals surface area contributed by atoms with Gasteiger partial charge in [-0.2, -0.15) is 0 Å². The molecular formula is C24H25ClO3. The number of hydrogen-bond acceptors (Lipinski definition) is 3. The van der Waals surface area contributed by atoms with Crippen molar-refractivity contribution in [3.05, 3.63) is 69.2 Å². The molecule has 28 heavy (non-hydrogen) atoms. The van der Waals surface area contributed by atoms with Crippen LogP contribution in [0, 0.1) is 0 Å². The number of ketones is 2. The lowest BCUT2D eigenvalue weighted by molar-refractivity contribution is -0.111. The van der Waals surface area contributed by atoms with Gasteiger partial charge in [-0.1, -0.05) is 77.4 Å². The summed E-state index contributed by atoms with van der Waals surface area (Å²) >= 11 is 6.41. The lowest BCUT2D eigenvalue weighted by Gasteiger charge is -2.29. The van der Waals surface area contributed by atoms with E-state index >= 15 is 0 Å². The quantitative estimate of drug-likeness (QED) is 0.624. The average molecular weight is 397 g/mol. The summed E-state index contributed by atoms with van der Waals surface area (Å²) in [6.45, 7) is 12.2. The van der Waals surface area contributed by atoms with Crippen molar-refractivity contribution >= 4 is 28.7 Å². The molecular weight excluding hydrogens is 372 g/mol. The van der Waals surface area contributed by atoms with E-state index in [9.17, 15) is 14.7 Å². The molecule has 0 unspecified atom stereocenters. The molecule has 3 rings (SSSR count). The highest BCUT2D eigenvalue weighted by atomic mass is 35.5. The van der Waals surface area contributed by atoms with Gasteiger partial charge in [0.25, 0.3) is 0 Å². The van der Waals surface area contributed by atoms with Gasteiger partial charge in [-0.3, -0.25) is 9.59 Å². The Balaban J connectivity index is 2.41. The first-order valence-electron chi connectivity index (χ1n) is 9.30. The van der Waals surface area contributed by atoms with E-state index in [1.807, 2.05) is 59.7 Å². The van der Waals surface area contributed by atoms with Crippen molar-refractivity contribution in [3.8, 4) is 5.75 Å². The van der Waals surface area contributed by atoms with E-state index in [0.717, 1.165) is 16.7 Å². The Labute approximate surface area is 171 Å². The second kappa shape index (κ2) is 6.59. The maximum Gasteiger partial charge on any atom is 0.245 e. The third-order valence-electron chi connectivity index (χ3n) is 5.08.